The van der Waals surface area contributed by atoms with E-state index in [1.807, 2.05) is 6.08 Å². The number of carboxylic acid groups (broad SMARTS) is 1. The summed E-state index contributed by atoms with van der Waals surface area (Å²) >= 11 is 0. The van der Waals surface area contributed by atoms with Crippen LogP contribution in [-0.4, -0.2) is 30.9 Å². The van der Waals surface area contributed by atoms with Gasteiger partial charge in [0.1, 0.15) is 0 Å². The topological polar surface area (TPSA) is 37.3 Å². The first-order valence-corrected chi connectivity index (χ1v) is 3.20. The molecule has 0 saturated carbocycles. The number of carboxylic acids is 1. The Hall–Kier alpha value is -0.154. The summed E-state index contributed by atoms with van der Waals surface area (Å²) in [6, 6.07) is 0. The van der Waals surface area contributed by atoms with Crippen LogP contribution in [0.4, 0.5) is 0 Å². The standard InChI is InChI=1S/C7H10O2.Ga.3H/c8-7(9)6-4-2-1-3-5-6;;;;/h2,4,6H,1,3,5H2,(H,8,9);;;;. The summed E-state index contributed by atoms with van der Waals surface area (Å²) in [4.78, 5) is 10.3. The van der Waals surface area contributed by atoms with Crippen LogP contribution in [0.5, 0.6) is 0 Å². The van der Waals surface area contributed by atoms with Gasteiger partial charge in [0, 0.05) is 0 Å². The van der Waals surface area contributed by atoms with Gasteiger partial charge in [0.2, 0.25) is 0 Å². The van der Waals surface area contributed by atoms with Crippen molar-refractivity contribution >= 4 is 25.8 Å². The zero-order valence-corrected chi connectivity index (χ0v) is 5.21. The van der Waals surface area contributed by atoms with E-state index in [-0.39, 0.29) is 25.7 Å². The number of hydrogen-bond acceptors (Lipinski definition) is 1. The molecule has 0 spiro atoms. The van der Waals surface area contributed by atoms with Gasteiger partial charge in [-0.2, -0.15) is 0 Å². The van der Waals surface area contributed by atoms with Gasteiger partial charge in [-0.15, -0.1) is 0 Å². The van der Waals surface area contributed by atoms with Gasteiger partial charge in [-0.1, -0.05) is 12.2 Å². The molecular formula is C7H13GaO2. The molecule has 0 fully saturated rings. The maximum atomic E-state index is 10.3. The van der Waals surface area contributed by atoms with E-state index in [1.165, 1.54) is 0 Å². The Morgan fingerprint density at radius 2 is 2.30 bits per heavy atom. The number of hydrogen-bond donors (Lipinski definition) is 1. The third-order valence-corrected chi connectivity index (χ3v) is 1.57. The predicted molar refractivity (Wildman–Crippen MR) is 44.1 cm³/mol. The van der Waals surface area contributed by atoms with Crippen molar-refractivity contribution < 1.29 is 9.90 Å². The SMILES string of the molecule is O=C(O)C1C=CCCC1.[GaH3]. The van der Waals surface area contributed by atoms with Crippen LogP contribution in [-0.2, 0) is 4.79 Å². The minimum atomic E-state index is -0.689. The van der Waals surface area contributed by atoms with Gasteiger partial charge >= 0.3 is 25.8 Å². The van der Waals surface area contributed by atoms with Gasteiger partial charge in [0.05, 0.1) is 5.92 Å². The number of carbonyl (C=O) groups is 1. The molecule has 2 nitrogen and oxygen atoms in total. The molecule has 0 bridgehead atoms. The van der Waals surface area contributed by atoms with E-state index >= 15 is 0 Å². The summed E-state index contributed by atoms with van der Waals surface area (Å²) in [7, 11) is 0. The average Bonchev–Trinajstić information content (AvgIpc) is 1.90. The van der Waals surface area contributed by atoms with E-state index in [4.69, 9.17) is 5.11 Å². The molecule has 1 aliphatic carbocycles. The van der Waals surface area contributed by atoms with Crippen LogP contribution < -0.4 is 0 Å². The van der Waals surface area contributed by atoms with E-state index in [0.717, 1.165) is 19.3 Å². The Kier molecular flexibility index (Phi) is 4.56. The Bertz CT molecular complexity index is 143. The molecule has 1 aliphatic rings. The normalized spacial score (nSPS) is 23.4. The Balaban J connectivity index is 0.000000810. The van der Waals surface area contributed by atoms with Crippen LogP contribution in [0.3, 0.4) is 0 Å². The second-order valence-corrected chi connectivity index (χ2v) is 2.30. The molecule has 0 saturated heterocycles. The molecule has 1 atom stereocenters. The van der Waals surface area contributed by atoms with Crippen molar-refractivity contribution in [1.82, 2.24) is 0 Å². The van der Waals surface area contributed by atoms with Crippen molar-refractivity contribution in [2.45, 2.75) is 19.3 Å². The summed E-state index contributed by atoms with van der Waals surface area (Å²) in [5.41, 5.74) is 0. The summed E-state index contributed by atoms with van der Waals surface area (Å²) in [6.45, 7) is 0. The average molecular weight is 199 g/mol. The van der Waals surface area contributed by atoms with Crippen LogP contribution in [0.2, 0.25) is 0 Å². The monoisotopic (exact) mass is 198 g/mol. The van der Waals surface area contributed by atoms with Crippen molar-refractivity contribution in [3.63, 3.8) is 0 Å². The van der Waals surface area contributed by atoms with Crippen molar-refractivity contribution in [2.24, 2.45) is 5.92 Å². The fourth-order valence-corrected chi connectivity index (χ4v) is 1.02. The molecule has 0 aromatic heterocycles. The third-order valence-electron chi connectivity index (χ3n) is 1.57. The number of aliphatic carboxylic acids is 1. The summed E-state index contributed by atoms with van der Waals surface area (Å²) in [5.74, 6) is -0.898. The van der Waals surface area contributed by atoms with Crippen LogP contribution in [0, 0.1) is 5.92 Å². The minimum absolute atomic E-state index is 0. The van der Waals surface area contributed by atoms with Gasteiger partial charge in [0.25, 0.3) is 0 Å². The predicted octanol–water partition coefficient (Wildman–Crippen LogP) is 0.243. The van der Waals surface area contributed by atoms with Gasteiger partial charge in [0.15, 0.2) is 0 Å². The molecule has 0 aromatic rings. The molecule has 56 valence electrons. The molecule has 0 heterocycles. The molecule has 1 rings (SSSR count). The fraction of sp³-hybridized carbons (Fsp3) is 0.571. The molecule has 0 radical (unpaired) electrons. The van der Waals surface area contributed by atoms with Crippen molar-refractivity contribution in [3.8, 4) is 0 Å². The Morgan fingerprint density at radius 1 is 1.60 bits per heavy atom. The Labute approximate surface area is 73.4 Å². The van der Waals surface area contributed by atoms with Crippen LogP contribution >= 0.6 is 0 Å². The molecule has 1 N–H and O–H groups in total. The van der Waals surface area contributed by atoms with E-state index in [9.17, 15) is 4.79 Å². The molecule has 3 heteroatoms. The molecule has 0 amide bonds. The van der Waals surface area contributed by atoms with Crippen LogP contribution in [0.1, 0.15) is 19.3 Å². The summed E-state index contributed by atoms with van der Waals surface area (Å²) in [6.07, 6.45) is 6.61. The van der Waals surface area contributed by atoms with Gasteiger partial charge in [-0.25, -0.2) is 0 Å². The van der Waals surface area contributed by atoms with E-state index < -0.39 is 5.97 Å². The second kappa shape index (κ2) is 4.63. The maximum absolute atomic E-state index is 10.3. The number of rotatable bonds is 1. The summed E-state index contributed by atoms with van der Waals surface area (Å²) in [5, 5.41) is 8.49. The van der Waals surface area contributed by atoms with Crippen molar-refractivity contribution in [2.75, 3.05) is 0 Å². The van der Waals surface area contributed by atoms with Gasteiger partial charge < -0.3 is 5.11 Å². The van der Waals surface area contributed by atoms with Crippen molar-refractivity contribution in [1.29, 1.82) is 0 Å². The first-order valence-electron chi connectivity index (χ1n) is 3.20. The quantitative estimate of drug-likeness (QED) is 0.485. The van der Waals surface area contributed by atoms with E-state index in [2.05, 4.69) is 0 Å². The first kappa shape index (κ1) is 9.85. The first-order chi connectivity index (χ1) is 4.30. The summed E-state index contributed by atoms with van der Waals surface area (Å²) < 4.78 is 0. The number of allylic oxidation sites excluding steroid dienone is 1. The van der Waals surface area contributed by atoms with Gasteiger partial charge in [-0.05, 0) is 19.3 Å². The van der Waals surface area contributed by atoms with E-state index in [0.29, 0.717) is 0 Å². The van der Waals surface area contributed by atoms with Crippen LogP contribution in [0.25, 0.3) is 0 Å². The molecule has 0 aromatic carbocycles. The second-order valence-electron chi connectivity index (χ2n) is 2.30. The zero-order valence-electron chi connectivity index (χ0n) is 5.21. The Morgan fingerprint density at radius 3 is 2.60 bits per heavy atom. The molecular weight excluding hydrogens is 186 g/mol. The third kappa shape index (κ3) is 2.62. The molecule has 0 aliphatic heterocycles. The van der Waals surface area contributed by atoms with E-state index in [1.54, 1.807) is 6.08 Å². The fourth-order valence-electron chi connectivity index (χ4n) is 1.02. The van der Waals surface area contributed by atoms with Gasteiger partial charge in [-0.3, -0.25) is 4.79 Å². The molecule has 1 unspecified atom stereocenters. The molecule has 10 heavy (non-hydrogen) atoms. The van der Waals surface area contributed by atoms with Crippen molar-refractivity contribution in [3.05, 3.63) is 12.2 Å². The zero-order chi connectivity index (χ0) is 6.69. The van der Waals surface area contributed by atoms with Crippen LogP contribution in [0.15, 0.2) is 12.2 Å².